The number of hydrogen-bond donors (Lipinski definition) is 1. The largest absolute Gasteiger partial charge is 0.330 e. The summed E-state index contributed by atoms with van der Waals surface area (Å²) in [4.78, 5) is 26.3. The monoisotopic (exact) mass is 328 g/mol. The van der Waals surface area contributed by atoms with E-state index in [1.165, 1.54) is 11.1 Å². The van der Waals surface area contributed by atoms with Gasteiger partial charge in [-0.25, -0.2) is 0 Å². The summed E-state index contributed by atoms with van der Waals surface area (Å²) in [5.41, 5.74) is 8.11. The number of rotatable bonds is 7. The molecule has 1 heterocycles. The Hall–Kier alpha value is -1.94. The maximum atomic E-state index is 12.5. The molecule has 0 fully saturated rings. The fourth-order valence-corrected chi connectivity index (χ4v) is 2.98. The minimum Gasteiger partial charge on any atom is -0.330 e. The van der Waals surface area contributed by atoms with Crippen LogP contribution >= 0.6 is 0 Å². The molecular weight excluding hydrogens is 300 g/mol. The van der Waals surface area contributed by atoms with Gasteiger partial charge < -0.3 is 10.6 Å². The van der Waals surface area contributed by atoms with Gasteiger partial charge in [0.15, 0.2) is 0 Å². The molecule has 24 heavy (non-hydrogen) atoms. The van der Waals surface area contributed by atoms with Gasteiger partial charge in [0, 0.05) is 19.5 Å². The second kappa shape index (κ2) is 8.25. The topological polar surface area (TPSA) is 63.4 Å². The van der Waals surface area contributed by atoms with Gasteiger partial charge in [0.05, 0.1) is 6.04 Å². The SMILES string of the molecule is CC[C@H](C)[C@@H](/C=C/C(=O)N1Cc2ccccc2C1)CC(=O)[C@H](C)N. The van der Waals surface area contributed by atoms with Gasteiger partial charge in [-0.05, 0) is 36.0 Å². The molecule has 2 rings (SSSR count). The Morgan fingerprint density at radius 2 is 1.79 bits per heavy atom. The Kier molecular flexibility index (Phi) is 6.32. The first-order valence-corrected chi connectivity index (χ1v) is 8.74. The fraction of sp³-hybridized carbons (Fsp3) is 0.500. The van der Waals surface area contributed by atoms with E-state index < -0.39 is 6.04 Å². The molecule has 0 spiro atoms. The Labute approximate surface area is 144 Å². The van der Waals surface area contributed by atoms with Crippen LogP contribution in [0.1, 0.15) is 44.7 Å². The van der Waals surface area contributed by atoms with Gasteiger partial charge in [0.2, 0.25) is 5.91 Å². The average Bonchev–Trinajstić information content (AvgIpc) is 3.01. The third kappa shape index (κ3) is 4.54. The summed E-state index contributed by atoms with van der Waals surface area (Å²) in [5.74, 6) is 0.452. The molecule has 1 aliphatic heterocycles. The second-order valence-electron chi connectivity index (χ2n) is 6.83. The van der Waals surface area contributed by atoms with Crippen molar-refractivity contribution in [3.8, 4) is 0 Å². The highest BCUT2D eigenvalue weighted by molar-refractivity contribution is 5.88. The number of amides is 1. The summed E-state index contributed by atoms with van der Waals surface area (Å²) < 4.78 is 0. The number of nitrogens with two attached hydrogens (primary N) is 1. The van der Waals surface area contributed by atoms with Gasteiger partial charge in [0.25, 0.3) is 0 Å². The summed E-state index contributed by atoms with van der Waals surface area (Å²) in [6.07, 6.45) is 4.90. The van der Waals surface area contributed by atoms with E-state index in [1.54, 1.807) is 13.0 Å². The van der Waals surface area contributed by atoms with Crippen LogP contribution < -0.4 is 5.73 Å². The van der Waals surface area contributed by atoms with Crippen molar-refractivity contribution < 1.29 is 9.59 Å². The van der Waals surface area contributed by atoms with Crippen LogP contribution in [0.15, 0.2) is 36.4 Å². The van der Waals surface area contributed by atoms with Crippen LogP contribution in [-0.2, 0) is 22.7 Å². The third-order valence-electron chi connectivity index (χ3n) is 4.96. The Bertz CT molecular complexity index is 597. The Morgan fingerprint density at radius 1 is 1.21 bits per heavy atom. The summed E-state index contributed by atoms with van der Waals surface area (Å²) in [6, 6.07) is 7.68. The lowest BCUT2D eigenvalue weighted by Gasteiger charge is -2.20. The molecule has 1 amide bonds. The van der Waals surface area contributed by atoms with Crippen LogP contribution in [0.5, 0.6) is 0 Å². The number of carbonyl (C=O) groups excluding carboxylic acids is 2. The standard InChI is InChI=1S/C20H28N2O2/c1-4-14(2)16(11-19(23)15(3)21)9-10-20(24)22-12-17-7-5-6-8-18(17)13-22/h5-10,14-16H,4,11-13,21H2,1-3H3/b10-9+/t14-,15-,16-/m0/s1. The first-order valence-electron chi connectivity index (χ1n) is 8.74. The van der Waals surface area contributed by atoms with Crippen molar-refractivity contribution in [3.63, 3.8) is 0 Å². The van der Waals surface area contributed by atoms with Gasteiger partial charge in [-0.15, -0.1) is 0 Å². The normalized spacial score (nSPS) is 17.6. The molecule has 4 nitrogen and oxygen atoms in total. The molecule has 0 saturated carbocycles. The number of allylic oxidation sites excluding steroid dienone is 1. The van der Waals surface area contributed by atoms with E-state index in [0.29, 0.717) is 25.4 Å². The van der Waals surface area contributed by atoms with Crippen molar-refractivity contribution in [3.05, 3.63) is 47.5 Å². The molecule has 3 atom stereocenters. The molecule has 130 valence electrons. The maximum absolute atomic E-state index is 12.5. The molecule has 4 heteroatoms. The molecule has 0 radical (unpaired) electrons. The molecular formula is C20H28N2O2. The van der Waals surface area contributed by atoms with Crippen molar-refractivity contribution in [2.75, 3.05) is 0 Å². The predicted molar refractivity (Wildman–Crippen MR) is 96.1 cm³/mol. The Morgan fingerprint density at radius 3 is 2.29 bits per heavy atom. The molecule has 0 aromatic heterocycles. The summed E-state index contributed by atoms with van der Waals surface area (Å²) in [5, 5.41) is 0. The number of carbonyl (C=O) groups is 2. The van der Waals surface area contributed by atoms with Crippen molar-refractivity contribution in [1.29, 1.82) is 0 Å². The molecule has 1 aromatic carbocycles. The summed E-state index contributed by atoms with van der Waals surface area (Å²) in [6.45, 7) is 7.24. The lowest BCUT2D eigenvalue weighted by Crippen LogP contribution is -2.29. The highest BCUT2D eigenvalue weighted by Gasteiger charge is 2.23. The Balaban J connectivity index is 2.01. The number of benzene rings is 1. The van der Waals surface area contributed by atoms with E-state index in [0.717, 1.165) is 6.42 Å². The molecule has 0 saturated heterocycles. The minimum atomic E-state index is -0.450. The molecule has 0 bridgehead atoms. The third-order valence-corrected chi connectivity index (χ3v) is 4.96. The second-order valence-corrected chi connectivity index (χ2v) is 6.83. The number of ketones is 1. The number of fused-ring (bicyclic) bond motifs is 1. The van der Waals surface area contributed by atoms with Crippen molar-refractivity contribution in [2.45, 2.75) is 52.7 Å². The molecule has 0 unspecified atom stereocenters. The number of nitrogens with zero attached hydrogens (tertiary/aromatic N) is 1. The predicted octanol–water partition coefficient (Wildman–Crippen LogP) is 3.05. The quantitative estimate of drug-likeness (QED) is 0.783. The van der Waals surface area contributed by atoms with Crippen LogP contribution in [0.25, 0.3) is 0 Å². The van der Waals surface area contributed by atoms with Gasteiger partial charge in [-0.3, -0.25) is 9.59 Å². The van der Waals surface area contributed by atoms with Crippen molar-refractivity contribution in [2.24, 2.45) is 17.6 Å². The van der Waals surface area contributed by atoms with E-state index >= 15 is 0 Å². The highest BCUT2D eigenvalue weighted by atomic mass is 16.2. The van der Waals surface area contributed by atoms with Gasteiger partial charge in [-0.1, -0.05) is 50.6 Å². The van der Waals surface area contributed by atoms with Gasteiger partial charge in [0.1, 0.15) is 5.78 Å². The zero-order chi connectivity index (χ0) is 17.7. The maximum Gasteiger partial charge on any atom is 0.246 e. The van der Waals surface area contributed by atoms with Crippen LogP contribution in [0, 0.1) is 11.8 Å². The zero-order valence-electron chi connectivity index (χ0n) is 14.9. The first-order chi connectivity index (χ1) is 11.4. The van der Waals surface area contributed by atoms with E-state index in [1.807, 2.05) is 23.1 Å². The van der Waals surface area contributed by atoms with Crippen LogP contribution in [0.4, 0.5) is 0 Å². The van der Waals surface area contributed by atoms with E-state index in [-0.39, 0.29) is 17.6 Å². The van der Waals surface area contributed by atoms with Gasteiger partial charge in [-0.2, -0.15) is 0 Å². The minimum absolute atomic E-state index is 0.00717. The van der Waals surface area contributed by atoms with Crippen LogP contribution in [0.2, 0.25) is 0 Å². The van der Waals surface area contributed by atoms with Crippen molar-refractivity contribution in [1.82, 2.24) is 4.90 Å². The molecule has 1 aromatic rings. The highest BCUT2D eigenvalue weighted by Crippen LogP contribution is 2.24. The molecule has 2 N–H and O–H groups in total. The number of hydrogen-bond acceptors (Lipinski definition) is 3. The lowest BCUT2D eigenvalue weighted by atomic mass is 9.86. The summed E-state index contributed by atoms with van der Waals surface area (Å²) >= 11 is 0. The number of Topliss-reactive ketones (excluding diaryl/α,β-unsaturated/α-hetero) is 1. The fourth-order valence-electron chi connectivity index (χ4n) is 2.98. The van der Waals surface area contributed by atoms with Crippen LogP contribution in [-0.4, -0.2) is 22.6 Å². The van der Waals surface area contributed by atoms with Crippen LogP contribution in [0.3, 0.4) is 0 Å². The van der Waals surface area contributed by atoms with E-state index in [9.17, 15) is 9.59 Å². The molecule has 0 aliphatic carbocycles. The lowest BCUT2D eigenvalue weighted by molar-refractivity contribution is -0.126. The first kappa shape index (κ1) is 18.4. The summed E-state index contributed by atoms with van der Waals surface area (Å²) in [7, 11) is 0. The van der Waals surface area contributed by atoms with E-state index in [2.05, 4.69) is 26.0 Å². The average molecular weight is 328 g/mol. The zero-order valence-corrected chi connectivity index (χ0v) is 14.9. The molecule has 1 aliphatic rings. The smallest absolute Gasteiger partial charge is 0.246 e. The van der Waals surface area contributed by atoms with Crippen molar-refractivity contribution >= 4 is 11.7 Å². The van der Waals surface area contributed by atoms with Gasteiger partial charge >= 0.3 is 0 Å². The van der Waals surface area contributed by atoms with E-state index in [4.69, 9.17) is 5.73 Å².